The molecule has 0 spiro atoms. The summed E-state index contributed by atoms with van der Waals surface area (Å²) in [7, 11) is 1.83. The van der Waals surface area contributed by atoms with Crippen LogP contribution in [0.1, 0.15) is 29.8 Å². The lowest BCUT2D eigenvalue weighted by molar-refractivity contribution is 0.198. The maximum Gasteiger partial charge on any atom is 0.191 e. The molecule has 1 fully saturated rings. The zero-order chi connectivity index (χ0) is 20.6. The normalized spacial score (nSPS) is 15.5. The zero-order valence-corrected chi connectivity index (χ0v) is 21.1. The minimum Gasteiger partial charge on any atom is -0.354 e. The maximum absolute atomic E-state index is 4.52. The highest BCUT2D eigenvalue weighted by atomic mass is 127. The largest absolute Gasteiger partial charge is 0.354 e. The number of hydrogen-bond donors (Lipinski definition) is 2. The fourth-order valence-electron chi connectivity index (χ4n) is 3.86. The summed E-state index contributed by atoms with van der Waals surface area (Å²) >= 11 is 1.78. The third-order valence-electron chi connectivity index (χ3n) is 5.55. The molecule has 0 bridgehead atoms. The topological polar surface area (TPSA) is 57.5 Å². The van der Waals surface area contributed by atoms with Crippen LogP contribution in [0, 0.1) is 0 Å². The van der Waals surface area contributed by atoms with Crippen LogP contribution in [0.2, 0.25) is 0 Å². The summed E-state index contributed by atoms with van der Waals surface area (Å²) in [5, 5.41) is 11.4. The average Bonchev–Trinajstić information content (AvgIpc) is 3.45. The number of nitrogens with zero attached hydrogens (tertiary/aromatic N) is 4. The van der Waals surface area contributed by atoms with Crippen molar-refractivity contribution in [2.24, 2.45) is 4.99 Å². The van der Waals surface area contributed by atoms with E-state index in [1.54, 1.807) is 11.3 Å². The van der Waals surface area contributed by atoms with Crippen LogP contribution in [-0.2, 0) is 19.6 Å². The average molecular weight is 551 g/mol. The minimum absolute atomic E-state index is 0. The monoisotopic (exact) mass is 550 g/mol. The van der Waals surface area contributed by atoms with Gasteiger partial charge in [-0.2, -0.15) is 11.3 Å². The lowest BCUT2D eigenvalue weighted by atomic mass is 10.0. The number of rotatable bonds is 7. The van der Waals surface area contributed by atoms with E-state index in [4.69, 9.17) is 0 Å². The van der Waals surface area contributed by atoms with Crippen LogP contribution in [-0.4, -0.2) is 46.6 Å². The second kappa shape index (κ2) is 12.2. The molecule has 0 radical (unpaired) electrons. The van der Waals surface area contributed by atoms with Gasteiger partial charge >= 0.3 is 0 Å². The molecule has 4 rings (SSSR count). The quantitative estimate of drug-likeness (QED) is 0.266. The van der Waals surface area contributed by atoms with Gasteiger partial charge in [0.15, 0.2) is 5.96 Å². The molecule has 0 saturated carbocycles. The molecule has 2 aromatic heterocycles. The van der Waals surface area contributed by atoms with Gasteiger partial charge < -0.3 is 15.2 Å². The molecule has 0 atom stereocenters. The van der Waals surface area contributed by atoms with Crippen molar-refractivity contribution < 1.29 is 0 Å². The first-order valence-corrected chi connectivity index (χ1v) is 11.5. The second-order valence-electron chi connectivity index (χ2n) is 7.71. The molecule has 0 unspecified atom stereocenters. The van der Waals surface area contributed by atoms with Gasteiger partial charge in [0.1, 0.15) is 5.82 Å². The molecular formula is C23H31IN6S. The van der Waals surface area contributed by atoms with Gasteiger partial charge in [0.05, 0.1) is 6.54 Å². The van der Waals surface area contributed by atoms with Gasteiger partial charge in [-0.25, -0.2) is 4.98 Å². The Labute approximate surface area is 205 Å². The number of nitrogens with one attached hydrogen (secondary N) is 2. The lowest BCUT2D eigenvalue weighted by Crippen LogP contribution is -2.48. The van der Waals surface area contributed by atoms with E-state index in [1.807, 2.05) is 25.5 Å². The Balaban J connectivity index is 0.00000272. The Kier molecular flexibility index (Phi) is 9.35. The van der Waals surface area contributed by atoms with Crippen LogP contribution in [0.5, 0.6) is 0 Å². The van der Waals surface area contributed by atoms with Gasteiger partial charge in [-0.05, 0) is 40.8 Å². The predicted octanol–water partition coefficient (Wildman–Crippen LogP) is 3.94. The Morgan fingerprint density at radius 3 is 2.65 bits per heavy atom. The van der Waals surface area contributed by atoms with Crippen LogP contribution in [0.4, 0.5) is 0 Å². The second-order valence-corrected chi connectivity index (χ2v) is 8.49. The summed E-state index contributed by atoms with van der Waals surface area (Å²) in [6.07, 6.45) is 6.16. The highest BCUT2D eigenvalue weighted by Gasteiger charge is 2.20. The third-order valence-corrected chi connectivity index (χ3v) is 6.28. The fraction of sp³-hybridized carbons (Fsp3) is 0.391. The Morgan fingerprint density at radius 1 is 1.13 bits per heavy atom. The summed E-state index contributed by atoms with van der Waals surface area (Å²) in [6.45, 7) is 4.77. The van der Waals surface area contributed by atoms with E-state index in [0.717, 1.165) is 50.8 Å². The van der Waals surface area contributed by atoms with Crippen LogP contribution in [0.15, 0.2) is 64.5 Å². The van der Waals surface area contributed by atoms with E-state index in [0.29, 0.717) is 12.6 Å². The number of hydrogen-bond acceptors (Lipinski definition) is 4. The SMILES string of the molecule is CN=C(NCc1nccn1Cc1ccccc1)NC1CCN(Cc2ccsc2)CC1.I. The number of aliphatic imine (C=N–C) groups is 1. The van der Waals surface area contributed by atoms with Crippen molar-refractivity contribution in [3.05, 3.63) is 76.5 Å². The number of piperidine rings is 1. The Bertz CT molecular complexity index is 917. The lowest BCUT2D eigenvalue weighted by Gasteiger charge is -2.32. The van der Waals surface area contributed by atoms with Gasteiger partial charge in [-0.3, -0.25) is 9.89 Å². The van der Waals surface area contributed by atoms with E-state index in [9.17, 15) is 0 Å². The summed E-state index contributed by atoms with van der Waals surface area (Å²) in [6, 6.07) is 13.2. The van der Waals surface area contributed by atoms with Crippen LogP contribution >= 0.6 is 35.3 Å². The van der Waals surface area contributed by atoms with Crippen molar-refractivity contribution >= 4 is 41.3 Å². The van der Waals surface area contributed by atoms with Gasteiger partial charge in [0.2, 0.25) is 0 Å². The van der Waals surface area contributed by atoms with E-state index >= 15 is 0 Å². The highest BCUT2D eigenvalue weighted by Crippen LogP contribution is 2.15. The molecule has 1 aliphatic rings. The first kappa shape index (κ1) is 23.7. The molecular weight excluding hydrogens is 519 g/mol. The molecule has 3 heterocycles. The van der Waals surface area contributed by atoms with Crippen molar-refractivity contribution in [3.63, 3.8) is 0 Å². The number of halogens is 1. The first-order chi connectivity index (χ1) is 14.8. The molecule has 0 aliphatic carbocycles. The molecule has 6 nitrogen and oxygen atoms in total. The van der Waals surface area contributed by atoms with Crippen molar-refractivity contribution in [2.45, 2.75) is 38.5 Å². The van der Waals surface area contributed by atoms with E-state index < -0.39 is 0 Å². The van der Waals surface area contributed by atoms with Crippen LogP contribution in [0.3, 0.4) is 0 Å². The van der Waals surface area contributed by atoms with E-state index in [2.05, 4.69) is 71.2 Å². The molecule has 1 aliphatic heterocycles. The highest BCUT2D eigenvalue weighted by molar-refractivity contribution is 14.0. The number of guanidine groups is 1. The molecule has 166 valence electrons. The van der Waals surface area contributed by atoms with Crippen molar-refractivity contribution in [1.82, 2.24) is 25.1 Å². The molecule has 2 N–H and O–H groups in total. The van der Waals surface area contributed by atoms with Gasteiger partial charge in [0, 0.05) is 51.7 Å². The third kappa shape index (κ3) is 7.05. The zero-order valence-electron chi connectivity index (χ0n) is 17.9. The number of thiophene rings is 1. The standard InChI is InChI=1S/C23H30N6S.HI/c1-24-23(27-21-7-11-28(12-8-21)16-20-9-14-30-18-20)26-15-22-25-10-13-29(22)17-19-5-3-2-4-6-19;/h2-6,9-10,13-14,18,21H,7-8,11-12,15-17H2,1H3,(H2,24,26,27);1H. The molecule has 31 heavy (non-hydrogen) atoms. The molecule has 0 amide bonds. The van der Waals surface area contributed by atoms with Crippen molar-refractivity contribution in [2.75, 3.05) is 20.1 Å². The van der Waals surface area contributed by atoms with Crippen molar-refractivity contribution in [3.8, 4) is 0 Å². The Hall–Kier alpha value is -1.91. The van der Waals surface area contributed by atoms with Crippen LogP contribution in [0.25, 0.3) is 0 Å². The van der Waals surface area contributed by atoms with Gasteiger partial charge in [-0.15, -0.1) is 24.0 Å². The van der Waals surface area contributed by atoms with Gasteiger partial charge in [0.25, 0.3) is 0 Å². The number of benzene rings is 1. The minimum atomic E-state index is 0. The molecule has 1 saturated heterocycles. The van der Waals surface area contributed by atoms with Gasteiger partial charge in [-0.1, -0.05) is 30.3 Å². The maximum atomic E-state index is 4.52. The Morgan fingerprint density at radius 2 is 1.94 bits per heavy atom. The summed E-state index contributed by atoms with van der Waals surface area (Å²) in [4.78, 5) is 11.5. The molecule has 3 aromatic rings. The summed E-state index contributed by atoms with van der Waals surface area (Å²) in [5.74, 6) is 1.85. The fourth-order valence-corrected chi connectivity index (χ4v) is 4.52. The summed E-state index contributed by atoms with van der Waals surface area (Å²) in [5.41, 5.74) is 2.70. The smallest absolute Gasteiger partial charge is 0.191 e. The molecule has 1 aromatic carbocycles. The van der Waals surface area contributed by atoms with E-state index in [-0.39, 0.29) is 24.0 Å². The van der Waals surface area contributed by atoms with Crippen molar-refractivity contribution in [1.29, 1.82) is 0 Å². The van der Waals surface area contributed by atoms with Crippen LogP contribution < -0.4 is 10.6 Å². The van der Waals surface area contributed by atoms with E-state index in [1.165, 1.54) is 11.1 Å². The number of imidazole rings is 1. The first-order valence-electron chi connectivity index (χ1n) is 10.5. The number of aromatic nitrogens is 2. The number of likely N-dealkylation sites (tertiary alicyclic amines) is 1. The predicted molar refractivity (Wildman–Crippen MR) is 139 cm³/mol. The molecule has 8 heteroatoms. The summed E-state index contributed by atoms with van der Waals surface area (Å²) < 4.78 is 2.18.